The monoisotopic (exact) mass is 701 g/mol. The minimum atomic E-state index is 0.937. The smallest absolute Gasteiger partial charge is 0.0788 e. The van der Waals surface area contributed by atoms with Crippen molar-refractivity contribution in [2.45, 2.75) is 0 Å². The highest BCUT2D eigenvalue weighted by Gasteiger charge is 2.19. The molecule has 0 bridgehead atoms. The Morgan fingerprint density at radius 1 is 0.327 bits per heavy atom. The van der Waals surface area contributed by atoms with Crippen molar-refractivity contribution in [2.24, 2.45) is 0 Å². The van der Waals surface area contributed by atoms with Crippen LogP contribution < -0.4 is 4.90 Å². The Hall–Kier alpha value is -7.36. The van der Waals surface area contributed by atoms with E-state index in [1.54, 1.807) is 0 Å². The van der Waals surface area contributed by atoms with Gasteiger partial charge < -0.3 is 4.90 Å². The zero-order chi connectivity index (χ0) is 36.6. The van der Waals surface area contributed by atoms with Gasteiger partial charge in [0.15, 0.2) is 0 Å². The van der Waals surface area contributed by atoms with Gasteiger partial charge in [-0.15, -0.1) is 0 Å². The number of benzene rings is 8. The molecule has 0 radical (unpaired) electrons. The molecule has 0 aliphatic heterocycles. The minimum Gasteiger partial charge on any atom is -0.311 e. The standard InChI is InChI=1S/C52H35N3/c1-5-16-36(17-6-1)40-34-48(37-18-7-2-8-19-37)53-49(35-40)45-26-15-20-38-30-33-46-51(50(38)45)44-25-13-14-27-47(44)54-52(46)39-28-31-43(32-29-39)55(41-21-9-3-10-22-41)42-23-11-4-12-24-42/h1-35H. The molecule has 0 unspecified atom stereocenters. The lowest BCUT2D eigenvalue weighted by molar-refractivity contribution is 1.28. The van der Waals surface area contributed by atoms with Gasteiger partial charge in [-0.05, 0) is 76.5 Å². The Morgan fingerprint density at radius 3 is 1.60 bits per heavy atom. The van der Waals surface area contributed by atoms with E-state index < -0.39 is 0 Å². The molecule has 0 spiro atoms. The van der Waals surface area contributed by atoms with E-state index in [1.165, 1.54) is 10.8 Å². The van der Waals surface area contributed by atoms with E-state index in [2.05, 4.69) is 217 Å². The van der Waals surface area contributed by atoms with Gasteiger partial charge in [0.25, 0.3) is 0 Å². The summed E-state index contributed by atoms with van der Waals surface area (Å²) in [6.07, 6.45) is 0. The van der Waals surface area contributed by atoms with Crippen LogP contribution in [-0.4, -0.2) is 9.97 Å². The van der Waals surface area contributed by atoms with Gasteiger partial charge >= 0.3 is 0 Å². The molecule has 0 atom stereocenters. The van der Waals surface area contributed by atoms with E-state index in [9.17, 15) is 0 Å². The predicted molar refractivity (Wildman–Crippen MR) is 231 cm³/mol. The number of para-hydroxylation sites is 3. The topological polar surface area (TPSA) is 29.0 Å². The first-order valence-electron chi connectivity index (χ1n) is 18.7. The van der Waals surface area contributed by atoms with Gasteiger partial charge in [-0.25, -0.2) is 9.97 Å². The van der Waals surface area contributed by atoms with Gasteiger partial charge in [0.05, 0.1) is 22.6 Å². The van der Waals surface area contributed by atoms with Crippen LogP contribution in [0.2, 0.25) is 0 Å². The molecule has 10 aromatic rings. The average Bonchev–Trinajstić information content (AvgIpc) is 3.27. The fraction of sp³-hybridized carbons (Fsp3) is 0. The lowest BCUT2D eigenvalue weighted by Gasteiger charge is -2.25. The van der Waals surface area contributed by atoms with Crippen molar-refractivity contribution in [3.05, 3.63) is 212 Å². The van der Waals surface area contributed by atoms with Gasteiger partial charge in [0.2, 0.25) is 0 Å². The molecule has 55 heavy (non-hydrogen) atoms. The fourth-order valence-corrected chi connectivity index (χ4v) is 7.85. The Balaban J connectivity index is 1.19. The zero-order valence-electron chi connectivity index (χ0n) is 30.0. The molecule has 10 rings (SSSR count). The molecule has 3 heteroatoms. The van der Waals surface area contributed by atoms with E-state index in [0.717, 1.165) is 83.6 Å². The highest BCUT2D eigenvalue weighted by molar-refractivity contribution is 6.25. The van der Waals surface area contributed by atoms with Crippen molar-refractivity contribution >= 4 is 49.5 Å². The summed E-state index contributed by atoms with van der Waals surface area (Å²) in [5.41, 5.74) is 12.6. The van der Waals surface area contributed by atoms with E-state index in [-0.39, 0.29) is 0 Å². The zero-order valence-corrected chi connectivity index (χ0v) is 30.0. The van der Waals surface area contributed by atoms with Crippen molar-refractivity contribution in [3.8, 4) is 44.9 Å². The van der Waals surface area contributed by atoms with Crippen LogP contribution in [0.1, 0.15) is 0 Å². The fourth-order valence-electron chi connectivity index (χ4n) is 7.85. The molecule has 0 saturated carbocycles. The molecule has 0 N–H and O–H groups in total. The number of fused-ring (bicyclic) bond motifs is 5. The second kappa shape index (κ2) is 13.9. The van der Waals surface area contributed by atoms with Crippen molar-refractivity contribution in [1.82, 2.24) is 9.97 Å². The summed E-state index contributed by atoms with van der Waals surface area (Å²) >= 11 is 0. The summed E-state index contributed by atoms with van der Waals surface area (Å²) < 4.78 is 0. The normalized spacial score (nSPS) is 11.3. The van der Waals surface area contributed by atoms with Crippen LogP contribution in [0.4, 0.5) is 17.1 Å². The second-order valence-corrected chi connectivity index (χ2v) is 13.8. The number of nitrogens with zero attached hydrogens (tertiary/aromatic N) is 3. The molecular weight excluding hydrogens is 667 g/mol. The number of hydrogen-bond donors (Lipinski definition) is 0. The van der Waals surface area contributed by atoms with Gasteiger partial charge in [-0.2, -0.15) is 0 Å². The van der Waals surface area contributed by atoms with Gasteiger partial charge in [0.1, 0.15) is 0 Å². The van der Waals surface area contributed by atoms with E-state index >= 15 is 0 Å². The quantitative estimate of drug-likeness (QED) is 0.155. The maximum atomic E-state index is 5.37. The van der Waals surface area contributed by atoms with Gasteiger partial charge in [-0.3, -0.25) is 0 Å². The lowest BCUT2D eigenvalue weighted by Crippen LogP contribution is -2.09. The third-order valence-corrected chi connectivity index (χ3v) is 10.4. The predicted octanol–water partition coefficient (Wildman–Crippen LogP) is 14.1. The van der Waals surface area contributed by atoms with E-state index in [0.29, 0.717) is 0 Å². The first kappa shape index (κ1) is 32.3. The SMILES string of the molecule is c1ccc(-c2cc(-c3ccccc3)nc(-c3cccc4ccc5c(-c6ccc(N(c7ccccc7)c7ccccc7)cc6)nc6ccccc6c5c34)c2)cc1. The molecule has 0 aliphatic rings. The molecule has 8 aromatic carbocycles. The summed E-state index contributed by atoms with van der Waals surface area (Å²) in [5, 5.41) is 5.75. The molecular formula is C52H35N3. The molecule has 0 aliphatic carbocycles. The van der Waals surface area contributed by atoms with Crippen molar-refractivity contribution < 1.29 is 0 Å². The summed E-state index contributed by atoms with van der Waals surface area (Å²) in [4.78, 5) is 13.0. The largest absolute Gasteiger partial charge is 0.311 e. The van der Waals surface area contributed by atoms with Crippen LogP contribution in [0, 0.1) is 0 Å². The van der Waals surface area contributed by atoms with E-state index in [1.807, 2.05) is 0 Å². The maximum Gasteiger partial charge on any atom is 0.0788 e. The first-order valence-corrected chi connectivity index (χ1v) is 18.7. The van der Waals surface area contributed by atoms with Crippen molar-refractivity contribution in [3.63, 3.8) is 0 Å². The first-order chi connectivity index (χ1) is 27.3. The van der Waals surface area contributed by atoms with Crippen LogP contribution in [0.3, 0.4) is 0 Å². The summed E-state index contributed by atoms with van der Waals surface area (Å²) in [5.74, 6) is 0. The molecule has 0 amide bonds. The summed E-state index contributed by atoms with van der Waals surface area (Å²) in [6, 6.07) is 74.9. The van der Waals surface area contributed by atoms with Gasteiger partial charge in [-0.1, -0.05) is 158 Å². The molecule has 3 nitrogen and oxygen atoms in total. The van der Waals surface area contributed by atoms with Crippen LogP contribution in [-0.2, 0) is 0 Å². The second-order valence-electron chi connectivity index (χ2n) is 13.8. The number of anilines is 3. The Labute approximate surface area is 320 Å². The molecule has 0 fully saturated rings. The molecule has 2 aromatic heterocycles. The molecule has 258 valence electrons. The third-order valence-electron chi connectivity index (χ3n) is 10.4. The average molecular weight is 702 g/mol. The Morgan fingerprint density at radius 2 is 0.909 bits per heavy atom. The van der Waals surface area contributed by atoms with Crippen LogP contribution in [0.15, 0.2) is 212 Å². The highest BCUT2D eigenvalue weighted by atomic mass is 15.1. The third kappa shape index (κ3) is 5.98. The summed E-state index contributed by atoms with van der Waals surface area (Å²) in [6.45, 7) is 0. The molecule has 0 saturated heterocycles. The van der Waals surface area contributed by atoms with E-state index in [4.69, 9.17) is 9.97 Å². The van der Waals surface area contributed by atoms with Crippen LogP contribution in [0.25, 0.3) is 77.3 Å². The Bertz CT molecular complexity index is 2850. The minimum absolute atomic E-state index is 0.937. The van der Waals surface area contributed by atoms with Crippen molar-refractivity contribution in [2.75, 3.05) is 4.90 Å². The lowest BCUT2D eigenvalue weighted by atomic mass is 9.91. The van der Waals surface area contributed by atoms with Gasteiger partial charge in [0, 0.05) is 49.9 Å². The van der Waals surface area contributed by atoms with Crippen molar-refractivity contribution in [1.29, 1.82) is 0 Å². The Kier molecular flexibility index (Phi) is 8.16. The number of aromatic nitrogens is 2. The highest BCUT2D eigenvalue weighted by Crippen LogP contribution is 2.43. The molecule has 2 heterocycles. The number of hydrogen-bond acceptors (Lipinski definition) is 3. The number of rotatable bonds is 7. The summed E-state index contributed by atoms with van der Waals surface area (Å²) in [7, 11) is 0. The van der Waals surface area contributed by atoms with Crippen LogP contribution >= 0.6 is 0 Å². The van der Waals surface area contributed by atoms with Crippen LogP contribution in [0.5, 0.6) is 0 Å². The number of pyridine rings is 2. The maximum absolute atomic E-state index is 5.37.